The molecule has 5 rings (SSSR count). The summed E-state index contributed by atoms with van der Waals surface area (Å²) >= 11 is 0. The van der Waals surface area contributed by atoms with E-state index in [4.69, 9.17) is 4.42 Å². The molecule has 0 radical (unpaired) electrons. The molecule has 0 amide bonds. The zero-order chi connectivity index (χ0) is 20.1. The Kier molecular flexibility index (Phi) is 4.03. The van der Waals surface area contributed by atoms with Gasteiger partial charge in [0.25, 0.3) is 0 Å². The van der Waals surface area contributed by atoms with E-state index in [1.165, 1.54) is 0 Å². The van der Waals surface area contributed by atoms with E-state index >= 15 is 0 Å². The van der Waals surface area contributed by atoms with Crippen LogP contribution in [0.2, 0.25) is 0 Å². The number of aromatic nitrogens is 3. The molecule has 1 saturated heterocycles. The summed E-state index contributed by atoms with van der Waals surface area (Å²) in [7, 11) is 4.25. The van der Waals surface area contributed by atoms with Gasteiger partial charge in [0.1, 0.15) is 6.07 Å². The third-order valence-electron chi connectivity index (χ3n) is 6.01. The van der Waals surface area contributed by atoms with Gasteiger partial charge in [-0.05, 0) is 51.2 Å². The van der Waals surface area contributed by atoms with Crippen LogP contribution >= 0.6 is 0 Å². The maximum Gasteiger partial charge on any atom is 0.227 e. The molecule has 1 aromatic carbocycles. The molecule has 4 aromatic rings. The van der Waals surface area contributed by atoms with Gasteiger partial charge in [-0.15, -0.1) is 0 Å². The zero-order valence-corrected chi connectivity index (χ0v) is 16.7. The summed E-state index contributed by atoms with van der Waals surface area (Å²) in [5, 5.41) is 19.1. The lowest BCUT2D eigenvalue weighted by molar-refractivity contribution is 0.315. The van der Waals surface area contributed by atoms with Gasteiger partial charge in [0, 0.05) is 37.1 Å². The van der Waals surface area contributed by atoms with Crippen molar-refractivity contribution >= 4 is 27.8 Å². The summed E-state index contributed by atoms with van der Waals surface area (Å²) < 4.78 is 6.11. The first-order chi connectivity index (χ1) is 14.1. The molecule has 3 aromatic heterocycles. The van der Waals surface area contributed by atoms with Gasteiger partial charge in [0.15, 0.2) is 5.58 Å². The van der Waals surface area contributed by atoms with Crippen molar-refractivity contribution in [1.29, 1.82) is 5.26 Å². The van der Waals surface area contributed by atoms with E-state index in [0.717, 1.165) is 52.8 Å². The number of H-pyrrole nitrogens is 1. The van der Waals surface area contributed by atoms with Gasteiger partial charge in [-0.1, -0.05) is 0 Å². The minimum Gasteiger partial charge on any atom is -0.436 e. The molecular formula is C22H22N6O. The van der Waals surface area contributed by atoms with E-state index in [0.29, 0.717) is 22.9 Å². The van der Waals surface area contributed by atoms with Crippen LogP contribution in [0.4, 0.5) is 5.69 Å². The average molecular weight is 386 g/mol. The Balaban J connectivity index is 1.90. The second kappa shape index (κ2) is 6.61. The number of furan rings is 1. The number of rotatable bonds is 3. The van der Waals surface area contributed by atoms with Crippen LogP contribution < -0.4 is 4.90 Å². The first-order valence-corrected chi connectivity index (χ1v) is 9.75. The molecule has 0 spiro atoms. The van der Waals surface area contributed by atoms with Crippen molar-refractivity contribution in [3.63, 3.8) is 0 Å². The molecular weight excluding hydrogens is 364 g/mol. The van der Waals surface area contributed by atoms with Gasteiger partial charge in [-0.2, -0.15) is 10.4 Å². The predicted octanol–water partition coefficient (Wildman–Crippen LogP) is 3.69. The Labute approximate surface area is 168 Å². The fourth-order valence-corrected chi connectivity index (χ4v) is 4.48. The predicted molar refractivity (Wildman–Crippen MR) is 113 cm³/mol. The van der Waals surface area contributed by atoms with Crippen molar-refractivity contribution in [1.82, 2.24) is 20.1 Å². The summed E-state index contributed by atoms with van der Waals surface area (Å²) in [6.45, 7) is 3.84. The number of aromatic amines is 1. The number of pyridine rings is 1. The van der Waals surface area contributed by atoms with Gasteiger partial charge < -0.3 is 14.2 Å². The number of fused-ring (bicyclic) bond motifs is 3. The highest BCUT2D eigenvalue weighted by Gasteiger charge is 2.32. The van der Waals surface area contributed by atoms with Crippen molar-refractivity contribution in [2.75, 3.05) is 32.1 Å². The standard InChI is InChI=1S/C22H22N6O/c1-13-16(11-23)21-19(15-5-4-8-24-22(15)29-21)20(18(13)17-6-9-25-26-17)28-10-7-14(12-28)27(2)3/h4-6,8-9,14H,7,10,12H2,1-3H3,(H,25,26)/t14-/m0/s1. The van der Waals surface area contributed by atoms with E-state index in [1.807, 2.05) is 25.1 Å². The van der Waals surface area contributed by atoms with Gasteiger partial charge in [-0.25, -0.2) is 4.98 Å². The summed E-state index contributed by atoms with van der Waals surface area (Å²) in [6, 6.07) is 8.73. The molecule has 1 N–H and O–H groups in total. The summed E-state index contributed by atoms with van der Waals surface area (Å²) in [6.07, 6.45) is 4.55. The number of nitriles is 1. The molecule has 1 aliphatic heterocycles. The Morgan fingerprint density at radius 3 is 2.86 bits per heavy atom. The third-order valence-corrected chi connectivity index (χ3v) is 6.01. The maximum absolute atomic E-state index is 9.96. The Morgan fingerprint density at radius 2 is 2.17 bits per heavy atom. The average Bonchev–Trinajstić information content (AvgIpc) is 3.46. The number of benzene rings is 1. The molecule has 1 aliphatic rings. The van der Waals surface area contributed by atoms with Crippen LogP contribution in [0.3, 0.4) is 0 Å². The van der Waals surface area contributed by atoms with Crippen molar-refractivity contribution in [3.05, 3.63) is 41.7 Å². The zero-order valence-electron chi connectivity index (χ0n) is 16.7. The molecule has 146 valence electrons. The highest BCUT2D eigenvalue weighted by molar-refractivity contribution is 6.16. The van der Waals surface area contributed by atoms with Crippen LogP contribution in [-0.4, -0.2) is 53.3 Å². The number of anilines is 1. The quantitative estimate of drug-likeness (QED) is 0.578. The van der Waals surface area contributed by atoms with Crippen molar-refractivity contribution < 1.29 is 4.42 Å². The van der Waals surface area contributed by atoms with Crippen LogP contribution in [0.15, 0.2) is 35.0 Å². The molecule has 1 atom stereocenters. The van der Waals surface area contributed by atoms with Crippen LogP contribution in [0.25, 0.3) is 33.3 Å². The van der Waals surface area contributed by atoms with Gasteiger partial charge in [0.05, 0.1) is 27.7 Å². The first kappa shape index (κ1) is 17.7. The topological polar surface area (TPSA) is 85.0 Å². The fourth-order valence-electron chi connectivity index (χ4n) is 4.48. The Bertz CT molecular complexity index is 1250. The number of nitrogens with zero attached hydrogens (tertiary/aromatic N) is 5. The smallest absolute Gasteiger partial charge is 0.227 e. The van der Waals surface area contributed by atoms with Crippen molar-refractivity contribution in [3.8, 4) is 17.3 Å². The molecule has 4 heterocycles. The van der Waals surface area contributed by atoms with E-state index in [1.54, 1.807) is 12.4 Å². The third kappa shape index (κ3) is 2.60. The lowest BCUT2D eigenvalue weighted by Gasteiger charge is -2.26. The SMILES string of the molecule is Cc1c(-c2ccn[nH]2)c(N2CC[C@H](N(C)C)C2)c2c(oc3ncccc32)c1C#N. The highest BCUT2D eigenvalue weighted by Crippen LogP contribution is 2.46. The molecule has 0 bridgehead atoms. The molecule has 0 unspecified atom stereocenters. The monoisotopic (exact) mass is 386 g/mol. The second-order valence-corrected chi connectivity index (χ2v) is 7.82. The summed E-state index contributed by atoms with van der Waals surface area (Å²) in [5.41, 5.74) is 5.63. The van der Waals surface area contributed by atoms with E-state index in [-0.39, 0.29) is 0 Å². The number of hydrogen-bond donors (Lipinski definition) is 1. The summed E-state index contributed by atoms with van der Waals surface area (Å²) in [5.74, 6) is 0. The summed E-state index contributed by atoms with van der Waals surface area (Å²) in [4.78, 5) is 9.10. The maximum atomic E-state index is 9.96. The molecule has 7 heteroatoms. The van der Waals surface area contributed by atoms with Gasteiger partial charge >= 0.3 is 0 Å². The Hall–Kier alpha value is -3.37. The first-order valence-electron chi connectivity index (χ1n) is 9.75. The molecule has 1 fully saturated rings. The normalized spacial score (nSPS) is 16.9. The molecule has 0 aliphatic carbocycles. The number of likely N-dealkylation sites (N-methyl/N-ethyl adjacent to an activating group) is 1. The van der Waals surface area contributed by atoms with Crippen LogP contribution in [-0.2, 0) is 0 Å². The molecule has 0 saturated carbocycles. The number of nitrogens with one attached hydrogen (secondary N) is 1. The molecule has 29 heavy (non-hydrogen) atoms. The van der Waals surface area contributed by atoms with Crippen molar-refractivity contribution in [2.45, 2.75) is 19.4 Å². The second-order valence-electron chi connectivity index (χ2n) is 7.82. The highest BCUT2D eigenvalue weighted by atomic mass is 16.3. The van der Waals surface area contributed by atoms with E-state index < -0.39 is 0 Å². The molecule has 7 nitrogen and oxygen atoms in total. The van der Waals surface area contributed by atoms with Gasteiger partial charge in [-0.3, -0.25) is 5.10 Å². The van der Waals surface area contributed by atoms with Crippen LogP contribution in [0.5, 0.6) is 0 Å². The van der Waals surface area contributed by atoms with Crippen molar-refractivity contribution in [2.24, 2.45) is 0 Å². The lowest BCUT2D eigenvalue weighted by Crippen LogP contribution is -2.31. The Morgan fingerprint density at radius 1 is 1.31 bits per heavy atom. The van der Waals surface area contributed by atoms with Gasteiger partial charge in [0.2, 0.25) is 5.71 Å². The fraction of sp³-hybridized carbons (Fsp3) is 0.318. The number of hydrogen-bond acceptors (Lipinski definition) is 6. The van der Waals surface area contributed by atoms with E-state index in [2.05, 4.69) is 45.1 Å². The lowest BCUT2D eigenvalue weighted by atomic mass is 9.93. The minimum atomic E-state index is 0.479. The van der Waals surface area contributed by atoms with E-state index in [9.17, 15) is 5.26 Å². The largest absolute Gasteiger partial charge is 0.436 e. The van der Waals surface area contributed by atoms with Crippen LogP contribution in [0.1, 0.15) is 17.5 Å². The minimum absolute atomic E-state index is 0.479. The van der Waals surface area contributed by atoms with Crippen LogP contribution in [0, 0.1) is 18.3 Å².